The van der Waals surface area contributed by atoms with E-state index in [4.69, 9.17) is 0 Å². The molecule has 8 nitrogen and oxygen atoms in total. The highest BCUT2D eigenvalue weighted by atomic mass is 16.2. The van der Waals surface area contributed by atoms with Crippen LogP contribution in [-0.4, -0.2) is 62.3 Å². The van der Waals surface area contributed by atoms with Gasteiger partial charge in [0, 0.05) is 44.5 Å². The fraction of sp³-hybridized carbons (Fsp3) is 0.375. The summed E-state index contributed by atoms with van der Waals surface area (Å²) in [4.78, 5) is 51.1. The summed E-state index contributed by atoms with van der Waals surface area (Å²) in [5.74, 6) is -0.442. The third kappa shape index (κ3) is 4.26. The molecule has 3 heterocycles. The summed E-state index contributed by atoms with van der Waals surface area (Å²) >= 11 is 0. The Morgan fingerprint density at radius 1 is 0.969 bits per heavy atom. The van der Waals surface area contributed by atoms with Gasteiger partial charge in [-0.1, -0.05) is 31.0 Å². The Morgan fingerprint density at radius 3 is 2.28 bits per heavy atom. The van der Waals surface area contributed by atoms with Crippen molar-refractivity contribution >= 4 is 23.0 Å². The number of piperazine rings is 1. The van der Waals surface area contributed by atoms with Gasteiger partial charge in [-0.25, -0.2) is 9.97 Å². The lowest BCUT2D eigenvalue weighted by atomic mass is 10.1. The van der Waals surface area contributed by atoms with Crippen LogP contribution in [0.3, 0.4) is 0 Å². The van der Waals surface area contributed by atoms with E-state index >= 15 is 0 Å². The molecule has 4 rings (SSSR count). The van der Waals surface area contributed by atoms with Crippen molar-refractivity contribution in [1.82, 2.24) is 24.3 Å². The molecule has 0 bridgehead atoms. The summed E-state index contributed by atoms with van der Waals surface area (Å²) < 4.78 is 1.55. The Bertz CT molecular complexity index is 1190. The summed E-state index contributed by atoms with van der Waals surface area (Å²) in [5, 5.41) is 0. The van der Waals surface area contributed by atoms with Crippen LogP contribution in [0.5, 0.6) is 0 Å². The number of nitrogens with zero attached hydrogens (tertiary/aromatic N) is 5. The lowest BCUT2D eigenvalue weighted by Gasteiger charge is -2.34. The lowest BCUT2D eigenvalue weighted by Crippen LogP contribution is -2.51. The monoisotopic (exact) mass is 433 g/mol. The molecule has 1 fully saturated rings. The topological polar surface area (TPSA) is 88.4 Å². The Kier molecular flexibility index (Phi) is 6.30. The largest absolute Gasteiger partial charge is 0.335 e. The molecule has 1 aromatic carbocycles. The number of carbonyl (C=O) groups excluding carboxylic acids is 2. The van der Waals surface area contributed by atoms with E-state index in [2.05, 4.69) is 9.97 Å². The number of hydrogen-bond acceptors (Lipinski definition) is 5. The molecule has 0 unspecified atom stereocenters. The number of rotatable bonds is 5. The smallest absolute Gasteiger partial charge is 0.283 e. The quantitative estimate of drug-likeness (QED) is 0.617. The van der Waals surface area contributed by atoms with Gasteiger partial charge in [0.25, 0.3) is 17.4 Å². The molecular weight excluding hydrogens is 406 g/mol. The standard InChI is InChI=1S/C24H27N5O3/c1-3-4-12-29-21-19(6-5-11-25-21)26-20(24(29)32)23(31)28-15-13-27(14-16-28)22(30)18-9-7-17(2)8-10-18/h5-11H,3-4,12-16H2,1-2H3. The average Bonchev–Trinajstić information content (AvgIpc) is 2.83. The van der Waals surface area contributed by atoms with Crippen LogP contribution in [0.15, 0.2) is 47.4 Å². The van der Waals surface area contributed by atoms with Crippen LogP contribution in [0.4, 0.5) is 0 Å². The van der Waals surface area contributed by atoms with Crippen molar-refractivity contribution < 1.29 is 9.59 Å². The molecule has 8 heteroatoms. The third-order valence-corrected chi connectivity index (χ3v) is 5.79. The summed E-state index contributed by atoms with van der Waals surface area (Å²) in [7, 11) is 0. The van der Waals surface area contributed by atoms with Crippen molar-refractivity contribution in [3.05, 3.63) is 69.8 Å². The summed E-state index contributed by atoms with van der Waals surface area (Å²) in [5.41, 5.74) is 2.26. The molecule has 1 saturated heterocycles. The maximum absolute atomic E-state index is 13.2. The van der Waals surface area contributed by atoms with Crippen LogP contribution < -0.4 is 5.56 Å². The minimum atomic E-state index is -0.409. The van der Waals surface area contributed by atoms with E-state index in [9.17, 15) is 14.4 Å². The zero-order valence-corrected chi connectivity index (χ0v) is 18.5. The summed E-state index contributed by atoms with van der Waals surface area (Å²) in [6, 6.07) is 11.0. The first-order valence-electron chi connectivity index (χ1n) is 11.0. The van der Waals surface area contributed by atoms with Gasteiger partial charge in [-0.3, -0.25) is 19.0 Å². The van der Waals surface area contributed by atoms with E-state index < -0.39 is 11.5 Å². The SMILES string of the molecule is CCCCn1c(=O)c(C(=O)N2CCN(C(=O)c3ccc(C)cc3)CC2)nc2cccnc21. The molecule has 0 aliphatic carbocycles. The number of pyridine rings is 1. The Hall–Kier alpha value is -3.55. The fourth-order valence-corrected chi connectivity index (χ4v) is 3.88. The van der Waals surface area contributed by atoms with Crippen LogP contribution in [0.2, 0.25) is 0 Å². The maximum atomic E-state index is 13.2. The molecule has 0 saturated carbocycles. The van der Waals surface area contributed by atoms with Crippen molar-refractivity contribution in [3.63, 3.8) is 0 Å². The minimum Gasteiger partial charge on any atom is -0.335 e. The van der Waals surface area contributed by atoms with Crippen molar-refractivity contribution in [3.8, 4) is 0 Å². The highest BCUT2D eigenvalue weighted by Crippen LogP contribution is 2.13. The predicted molar refractivity (Wildman–Crippen MR) is 122 cm³/mol. The summed E-state index contributed by atoms with van der Waals surface area (Å²) in [6.07, 6.45) is 3.35. The van der Waals surface area contributed by atoms with E-state index in [0.29, 0.717) is 49.5 Å². The fourth-order valence-electron chi connectivity index (χ4n) is 3.88. The van der Waals surface area contributed by atoms with E-state index in [0.717, 1.165) is 18.4 Å². The third-order valence-electron chi connectivity index (χ3n) is 5.79. The first-order chi connectivity index (χ1) is 15.5. The van der Waals surface area contributed by atoms with Crippen LogP contribution in [-0.2, 0) is 6.54 Å². The molecule has 0 spiro atoms. The highest BCUT2D eigenvalue weighted by Gasteiger charge is 2.28. The second kappa shape index (κ2) is 9.30. The Labute approximate surface area is 186 Å². The minimum absolute atomic E-state index is 0.0473. The van der Waals surface area contributed by atoms with Gasteiger partial charge in [-0.2, -0.15) is 0 Å². The molecule has 2 amide bonds. The van der Waals surface area contributed by atoms with Gasteiger partial charge in [0.15, 0.2) is 11.3 Å². The summed E-state index contributed by atoms with van der Waals surface area (Å²) in [6.45, 7) is 6.06. The normalized spacial score (nSPS) is 14.1. The highest BCUT2D eigenvalue weighted by molar-refractivity contribution is 5.95. The van der Waals surface area contributed by atoms with Crippen LogP contribution in [0, 0.1) is 6.92 Å². The molecule has 32 heavy (non-hydrogen) atoms. The lowest BCUT2D eigenvalue weighted by molar-refractivity contribution is 0.0531. The van der Waals surface area contributed by atoms with Gasteiger partial charge in [0.05, 0.1) is 0 Å². The molecule has 1 aliphatic heterocycles. The number of unbranched alkanes of at least 4 members (excludes halogenated alkanes) is 1. The molecular formula is C24H27N5O3. The van der Waals surface area contributed by atoms with Gasteiger partial charge >= 0.3 is 0 Å². The van der Waals surface area contributed by atoms with Gasteiger partial charge < -0.3 is 9.80 Å². The van der Waals surface area contributed by atoms with Crippen LogP contribution in [0.25, 0.3) is 11.2 Å². The van der Waals surface area contributed by atoms with Gasteiger partial charge in [0.1, 0.15) is 5.52 Å². The average molecular weight is 434 g/mol. The van der Waals surface area contributed by atoms with E-state index in [1.807, 2.05) is 38.1 Å². The van der Waals surface area contributed by atoms with Crippen LogP contribution >= 0.6 is 0 Å². The number of fused-ring (bicyclic) bond motifs is 1. The molecule has 166 valence electrons. The molecule has 0 atom stereocenters. The van der Waals surface area contributed by atoms with Crippen molar-refractivity contribution in [2.45, 2.75) is 33.2 Å². The van der Waals surface area contributed by atoms with Crippen molar-refractivity contribution in [1.29, 1.82) is 0 Å². The number of aromatic nitrogens is 3. The Morgan fingerprint density at radius 2 is 1.62 bits per heavy atom. The first-order valence-corrected chi connectivity index (χ1v) is 11.0. The second-order valence-electron chi connectivity index (χ2n) is 8.07. The molecule has 0 N–H and O–H groups in total. The number of aryl methyl sites for hydroxylation is 2. The molecule has 1 aliphatic rings. The van der Waals surface area contributed by atoms with Gasteiger partial charge in [-0.05, 0) is 37.6 Å². The van der Waals surface area contributed by atoms with E-state index in [-0.39, 0.29) is 11.6 Å². The van der Waals surface area contributed by atoms with E-state index in [1.165, 1.54) is 0 Å². The second-order valence-corrected chi connectivity index (χ2v) is 8.07. The number of benzene rings is 1. The van der Waals surface area contributed by atoms with Gasteiger partial charge in [-0.15, -0.1) is 0 Å². The first kappa shape index (κ1) is 21.7. The number of hydrogen-bond donors (Lipinski definition) is 0. The van der Waals surface area contributed by atoms with Crippen LogP contribution in [0.1, 0.15) is 46.2 Å². The zero-order valence-electron chi connectivity index (χ0n) is 18.5. The zero-order chi connectivity index (χ0) is 22.7. The maximum Gasteiger partial charge on any atom is 0.283 e. The Balaban J connectivity index is 1.53. The number of carbonyl (C=O) groups is 2. The van der Waals surface area contributed by atoms with Crippen molar-refractivity contribution in [2.75, 3.05) is 26.2 Å². The predicted octanol–water partition coefficient (Wildman–Crippen LogP) is 2.50. The molecule has 2 aromatic heterocycles. The van der Waals surface area contributed by atoms with E-state index in [1.54, 1.807) is 32.7 Å². The molecule has 0 radical (unpaired) electrons. The van der Waals surface area contributed by atoms with Crippen molar-refractivity contribution in [2.24, 2.45) is 0 Å². The molecule has 3 aromatic rings. The number of amides is 2. The van der Waals surface area contributed by atoms with Gasteiger partial charge in [0.2, 0.25) is 0 Å².